The third-order valence-electron chi connectivity index (χ3n) is 2.18. The van der Waals surface area contributed by atoms with E-state index in [-0.39, 0.29) is 17.9 Å². The zero-order chi connectivity index (χ0) is 11.4. The lowest BCUT2D eigenvalue weighted by Crippen LogP contribution is -2.27. The van der Waals surface area contributed by atoms with E-state index in [2.05, 4.69) is 21.2 Å². The smallest absolute Gasteiger partial charge is 0.121 e. The van der Waals surface area contributed by atoms with E-state index >= 15 is 0 Å². The highest BCUT2D eigenvalue weighted by Crippen LogP contribution is 2.27. The molecule has 1 aromatic rings. The summed E-state index contributed by atoms with van der Waals surface area (Å²) >= 11 is 3.29. The lowest BCUT2D eigenvalue weighted by atomic mass is 10.1. The number of nitrogens with one attached hydrogen (secondary N) is 1. The molecule has 0 aromatic heterocycles. The van der Waals surface area contributed by atoms with Gasteiger partial charge in [0, 0.05) is 22.6 Å². The van der Waals surface area contributed by atoms with Crippen LogP contribution in [0.4, 0.5) is 0 Å². The molecule has 4 heteroatoms. The van der Waals surface area contributed by atoms with Crippen LogP contribution in [0, 0.1) is 0 Å². The number of aliphatic hydroxyl groups is 1. The topological polar surface area (TPSA) is 52.5 Å². The molecule has 0 bridgehead atoms. The van der Waals surface area contributed by atoms with Crippen molar-refractivity contribution >= 4 is 15.9 Å². The molecule has 2 atom stereocenters. The third-order valence-corrected chi connectivity index (χ3v) is 2.67. The maximum absolute atomic E-state index is 9.69. The standard InChI is InChI=1S/C11H16BrNO2/c1-7(14)6-13-8(2)10-4-3-9(12)5-11(10)15/h3-5,7-8,13-15H,6H2,1-2H3/t7-,8?/m0/s1. The number of phenolic OH excluding ortho intramolecular Hbond substituents is 1. The molecule has 0 aliphatic rings. The van der Waals surface area contributed by atoms with Crippen LogP contribution in [0.1, 0.15) is 25.5 Å². The maximum Gasteiger partial charge on any atom is 0.121 e. The first kappa shape index (κ1) is 12.5. The van der Waals surface area contributed by atoms with Crippen LogP contribution in [0.15, 0.2) is 22.7 Å². The second kappa shape index (κ2) is 5.49. The van der Waals surface area contributed by atoms with Crippen LogP contribution in [-0.4, -0.2) is 22.9 Å². The largest absolute Gasteiger partial charge is 0.508 e. The van der Waals surface area contributed by atoms with Gasteiger partial charge in [-0.15, -0.1) is 0 Å². The number of aromatic hydroxyl groups is 1. The van der Waals surface area contributed by atoms with Crippen molar-refractivity contribution in [3.63, 3.8) is 0 Å². The summed E-state index contributed by atoms with van der Waals surface area (Å²) in [5, 5.41) is 22.0. The number of halogens is 1. The first-order chi connectivity index (χ1) is 7.00. The van der Waals surface area contributed by atoms with Gasteiger partial charge in [-0.05, 0) is 26.0 Å². The second-order valence-corrected chi connectivity index (χ2v) is 4.60. The number of hydrogen-bond acceptors (Lipinski definition) is 3. The van der Waals surface area contributed by atoms with Crippen LogP contribution >= 0.6 is 15.9 Å². The zero-order valence-corrected chi connectivity index (χ0v) is 10.5. The highest BCUT2D eigenvalue weighted by atomic mass is 79.9. The predicted molar refractivity (Wildman–Crippen MR) is 63.9 cm³/mol. The van der Waals surface area contributed by atoms with Crippen LogP contribution in [-0.2, 0) is 0 Å². The Kier molecular flexibility index (Phi) is 4.57. The predicted octanol–water partition coefficient (Wildman–Crippen LogP) is 2.19. The average Bonchev–Trinajstić information content (AvgIpc) is 2.14. The molecule has 0 amide bonds. The monoisotopic (exact) mass is 273 g/mol. The minimum atomic E-state index is -0.384. The molecule has 0 spiro atoms. The summed E-state index contributed by atoms with van der Waals surface area (Å²) in [7, 11) is 0. The van der Waals surface area contributed by atoms with E-state index in [9.17, 15) is 5.11 Å². The molecule has 0 saturated carbocycles. The fourth-order valence-corrected chi connectivity index (χ4v) is 1.69. The molecular weight excluding hydrogens is 258 g/mol. The summed E-state index contributed by atoms with van der Waals surface area (Å²) in [6.45, 7) is 4.18. The van der Waals surface area contributed by atoms with Crippen molar-refractivity contribution in [1.29, 1.82) is 0 Å². The van der Waals surface area contributed by atoms with Gasteiger partial charge in [-0.1, -0.05) is 22.0 Å². The highest BCUT2D eigenvalue weighted by Gasteiger charge is 2.10. The van der Waals surface area contributed by atoms with Gasteiger partial charge in [0.15, 0.2) is 0 Å². The van der Waals surface area contributed by atoms with E-state index in [0.717, 1.165) is 10.0 Å². The normalized spacial score (nSPS) is 14.9. The van der Waals surface area contributed by atoms with E-state index in [1.165, 1.54) is 0 Å². The van der Waals surface area contributed by atoms with Crippen molar-refractivity contribution in [3.8, 4) is 5.75 Å². The van der Waals surface area contributed by atoms with E-state index in [0.29, 0.717) is 6.54 Å². The van der Waals surface area contributed by atoms with E-state index in [1.807, 2.05) is 19.1 Å². The third kappa shape index (κ3) is 3.81. The van der Waals surface area contributed by atoms with Gasteiger partial charge in [-0.25, -0.2) is 0 Å². The highest BCUT2D eigenvalue weighted by molar-refractivity contribution is 9.10. The molecule has 3 nitrogen and oxygen atoms in total. The van der Waals surface area contributed by atoms with Gasteiger partial charge in [0.25, 0.3) is 0 Å². The van der Waals surface area contributed by atoms with Crippen molar-refractivity contribution in [2.45, 2.75) is 26.0 Å². The molecule has 0 saturated heterocycles. The summed E-state index contributed by atoms with van der Waals surface area (Å²) in [5.74, 6) is 0.259. The minimum absolute atomic E-state index is 0.0210. The van der Waals surface area contributed by atoms with Gasteiger partial charge in [0.2, 0.25) is 0 Å². The molecule has 84 valence electrons. The van der Waals surface area contributed by atoms with E-state index in [4.69, 9.17) is 5.11 Å². The van der Waals surface area contributed by atoms with Gasteiger partial charge in [-0.2, -0.15) is 0 Å². The summed E-state index contributed by atoms with van der Waals surface area (Å²) < 4.78 is 0.853. The molecule has 3 N–H and O–H groups in total. The van der Waals surface area contributed by atoms with Gasteiger partial charge in [-0.3, -0.25) is 0 Å². The molecule has 0 heterocycles. The molecule has 1 unspecified atom stereocenters. The van der Waals surface area contributed by atoms with E-state index < -0.39 is 0 Å². The fourth-order valence-electron chi connectivity index (χ4n) is 1.34. The maximum atomic E-state index is 9.69. The van der Waals surface area contributed by atoms with Crippen molar-refractivity contribution in [2.75, 3.05) is 6.54 Å². The fraction of sp³-hybridized carbons (Fsp3) is 0.455. The number of benzene rings is 1. The van der Waals surface area contributed by atoms with E-state index in [1.54, 1.807) is 13.0 Å². The van der Waals surface area contributed by atoms with Crippen LogP contribution in [0.3, 0.4) is 0 Å². The van der Waals surface area contributed by atoms with Gasteiger partial charge >= 0.3 is 0 Å². The number of aliphatic hydroxyl groups excluding tert-OH is 1. The van der Waals surface area contributed by atoms with Crippen molar-refractivity contribution in [2.24, 2.45) is 0 Å². The Balaban J connectivity index is 2.69. The minimum Gasteiger partial charge on any atom is -0.508 e. The van der Waals surface area contributed by atoms with Crippen LogP contribution in [0.5, 0.6) is 5.75 Å². The number of hydrogen-bond donors (Lipinski definition) is 3. The first-order valence-electron chi connectivity index (χ1n) is 4.90. The Labute approximate surface area is 98.3 Å². The van der Waals surface area contributed by atoms with Crippen LogP contribution in [0.2, 0.25) is 0 Å². The van der Waals surface area contributed by atoms with Gasteiger partial charge in [0.05, 0.1) is 6.10 Å². The summed E-state index contributed by atoms with van der Waals surface area (Å²) in [5.41, 5.74) is 0.832. The van der Waals surface area contributed by atoms with Crippen molar-refractivity contribution in [1.82, 2.24) is 5.32 Å². The average molecular weight is 274 g/mol. The molecule has 0 aliphatic carbocycles. The number of phenols is 1. The Bertz CT molecular complexity index is 328. The molecule has 1 rings (SSSR count). The van der Waals surface area contributed by atoms with Gasteiger partial charge < -0.3 is 15.5 Å². The number of rotatable bonds is 4. The Morgan fingerprint density at radius 2 is 2.07 bits per heavy atom. The first-order valence-corrected chi connectivity index (χ1v) is 5.70. The van der Waals surface area contributed by atoms with Gasteiger partial charge in [0.1, 0.15) is 5.75 Å². The summed E-state index contributed by atoms with van der Waals surface area (Å²) in [6, 6.07) is 5.43. The molecular formula is C11H16BrNO2. The molecule has 15 heavy (non-hydrogen) atoms. The zero-order valence-electron chi connectivity index (χ0n) is 8.87. The Morgan fingerprint density at radius 3 is 2.60 bits per heavy atom. The van der Waals surface area contributed by atoms with Crippen LogP contribution in [0.25, 0.3) is 0 Å². The second-order valence-electron chi connectivity index (χ2n) is 3.68. The quantitative estimate of drug-likeness (QED) is 0.788. The Morgan fingerprint density at radius 1 is 1.40 bits per heavy atom. The lowest BCUT2D eigenvalue weighted by Gasteiger charge is -2.16. The molecule has 0 radical (unpaired) electrons. The summed E-state index contributed by atoms with van der Waals surface area (Å²) in [4.78, 5) is 0. The molecule has 0 fully saturated rings. The van der Waals surface area contributed by atoms with Crippen molar-refractivity contribution in [3.05, 3.63) is 28.2 Å². The summed E-state index contributed by atoms with van der Waals surface area (Å²) in [6.07, 6.45) is -0.384. The molecule has 0 aliphatic heterocycles. The molecule has 1 aromatic carbocycles. The lowest BCUT2D eigenvalue weighted by molar-refractivity contribution is 0.187. The van der Waals surface area contributed by atoms with Crippen LogP contribution < -0.4 is 5.32 Å². The van der Waals surface area contributed by atoms with Crippen molar-refractivity contribution < 1.29 is 10.2 Å². The Hall–Kier alpha value is -0.580. The SMILES string of the molecule is CC(NC[C@H](C)O)c1ccc(Br)cc1O.